The molecule has 0 unspecified atom stereocenters. The summed E-state index contributed by atoms with van der Waals surface area (Å²) < 4.78 is 0. The molecule has 0 saturated carbocycles. The molecule has 0 aliphatic carbocycles. The molecular weight excluding hydrogens is 112 g/mol. The van der Waals surface area contributed by atoms with Crippen molar-refractivity contribution in [1.29, 1.82) is 0 Å². The second kappa shape index (κ2) is 3.30. The first-order chi connectivity index (χ1) is 4.43. The van der Waals surface area contributed by atoms with Gasteiger partial charge < -0.3 is 11.1 Å². The van der Waals surface area contributed by atoms with Crippen LogP contribution in [0.2, 0.25) is 0 Å². The first-order valence-electron chi connectivity index (χ1n) is 3.22. The fraction of sp³-hybridized carbons (Fsp3) is 0.429. The average Bonchev–Trinajstić information content (AvgIpc) is 1.91. The Bertz CT molecular complexity index is 136. The highest BCUT2D eigenvalue weighted by atomic mass is 14.8. The first kappa shape index (κ1) is 6.36. The van der Waals surface area contributed by atoms with Crippen LogP contribution < -0.4 is 11.1 Å². The maximum atomic E-state index is 5.36. The molecule has 0 aromatic rings. The second-order valence-corrected chi connectivity index (χ2v) is 2.06. The van der Waals surface area contributed by atoms with Gasteiger partial charge in [-0.3, -0.25) is 0 Å². The third-order valence-corrected chi connectivity index (χ3v) is 1.33. The van der Waals surface area contributed by atoms with Crippen LogP contribution in [0.25, 0.3) is 0 Å². The predicted molar refractivity (Wildman–Crippen MR) is 38.9 cm³/mol. The van der Waals surface area contributed by atoms with Gasteiger partial charge in [0.1, 0.15) is 0 Å². The monoisotopic (exact) mass is 124 g/mol. The van der Waals surface area contributed by atoms with Gasteiger partial charge in [0.05, 0.1) is 0 Å². The summed E-state index contributed by atoms with van der Waals surface area (Å²) >= 11 is 0. The average molecular weight is 124 g/mol. The molecule has 1 aliphatic rings. The topological polar surface area (TPSA) is 38.0 Å². The Kier molecular flexibility index (Phi) is 2.33. The largest absolute Gasteiger partial charge is 0.387 e. The molecule has 1 aliphatic heterocycles. The number of hydrogen-bond donors (Lipinski definition) is 2. The third kappa shape index (κ3) is 1.90. The molecular formula is C7H12N2. The fourth-order valence-corrected chi connectivity index (χ4v) is 0.844. The van der Waals surface area contributed by atoms with Crippen LogP contribution >= 0.6 is 0 Å². The molecule has 50 valence electrons. The van der Waals surface area contributed by atoms with Crippen LogP contribution in [-0.2, 0) is 0 Å². The van der Waals surface area contributed by atoms with Crippen molar-refractivity contribution in [2.24, 2.45) is 5.73 Å². The number of allylic oxidation sites excluding steroid dienone is 1. The lowest BCUT2D eigenvalue weighted by atomic mass is 10.1. The van der Waals surface area contributed by atoms with Crippen LogP contribution in [0, 0.1) is 0 Å². The Morgan fingerprint density at radius 1 is 1.67 bits per heavy atom. The summed E-state index contributed by atoms with van der Waals surface area (Å²) in [6.45, 7) is 1.70. The SMILES string of the molecule is NCCC1=CCNC=C1. The molecule has 2 heteroatoms. The van der Waals surface area contributed by atoms with Crippen molar-refractivity contribution in [2.75, 3.05) is 13.1 Å². The molecule has 0 atom stereocenters. The summed E-state index contributed by atoms with van der Waals surface area (Å²) in [4.78, 5) is 0. The second-order valence-electron chi connectivity index (χ2n) is 2.06. The Morgan fingerprint density at radius 3 is 3.11 bits per heavy atom. The number of rotatable bonds is 2. The van der Waals surface area contributed by atoms with E-state index >= 15 is 0 Å². The lowest BCUT2D eigenvalue weighted by Gasteiger charge is -2.05. The van der Waals surface area contributed by atoms with Crippen LogP contribution in [-0.4, -0.2) is 13.1 Å². The maximum Gasteiger partial charge on any atom is 0.0331 e. The summed E-state index contributed by atoms with van der Waals surface area (Å²) in [6, 6.07) is 0. The standard InChI is InChI=1S/C7H12N2/c8-4-1-7-2-5-9-6-3-7/h2-3,5,9H,1,4,6,8H2. The summed E-state index contributed by atoms with van der Waals surface area (Å²) in [5.41, 5.74) is 6.71. The third-order valence-electron chi connectivity index (χ3n) is 1.33. The first-order valence-corrected chi connectivity index (χ1v) is 3.22. The molecule has 2 nitrogen and oxygen atoms in total. The maximum absolute atomic E-state index is 5.36. The summed E-state index contributed by atoms with van der Waals surface area (Å²) in [5.74, 6) is 0. The van der Waals surface area contributed by atoms with Gasteiger partial charge in [-0.15, -0.1) is 0 Å². The smallest absolute Gasteiger partial charge is 0.0331 e. The van der Waals surface area contributed by atoms with E-state index in [0.29, 0.717) is 0 Å². The molecule has 3 N–H and O–H groups in total. The van der Waals surface area contributed by atoms with E-state index in [2.05, 4.69) is 17.5 Å². The van der Waals surface area contributed by atoms with Gasteiger partial charge >= 0.3 is 0 Å². The van der Waals surface area contributed by atoms with Gasteiger partial charge in [0.25, 0.3) is 0 Å². The van der Waals surface area contributed by atoms with Gasteiger partial charge in [0.2, 0.25) is 0 Å². The zero-order valence-electron chi connectivity index (χ0n) is 5.43. The van der Waals surface area contributed by atoms with E-state index in [1.54, 1.807) is 0 Å². The van der Waals surface area contributed by atoms with Gasteiger partial charge in [-0.1, -0.05) is 6.08 Å². The van der Waals surface area contributed by atoms with Crippen LogP contribution in [0.15, 0.2) is 23.9 Å². The highest BCUT2D eigenvalue weighted by Crippen LogP contribution is 2.02. The molecule has 0 spiro atoms. The van der Waals surface area contributed by atoms with E-state index in [9.17, 15) is 0 Å². The molecule has 0 bridgehead atoms. The van der Waals surface area contributed by atoms with Crippen molar-refractivity contribution in [1.82, 2.24) is 5.32 Å². The lowest BCUT2D eigenvalue weighted by Crippen LogP contribution is -2.10. The Labute approximate surface area is 55.4 Å². The summed E-state index contributed by atoms with van der Waals surface area (Å²) in [6.07, 6.45) is 7.19. The summed E-state index contributed by atoms with van der Waals surface area (Å²) in [5, 5.41) is 3.08. The molecule has 0 fully saturated rings. The van der Waals surface area contributed by atoms with E-state index in [4.69, 9.17) is 5.73 Å². The normalized spacial score (nSPS) is 16.8. The minimum atomic E-state index is 0.746. The van der Waals surface area contributed by atoms with Crippen molar-refractivity contribution in [3.8, 4) is 0 Å². The van der Waals surface area contributed by atoms with Crippen molar-refractivity contribution in [2.45, 2.75) is 6.42 Å². The van der Waals surface area contributed by atoms with Crippen LogP contribution in [0.3, 0.4) is 0 Å². The van der Waals surface area contributed by atoms with Crippen LogP contribution in [0.1, 0.15) is 6.42 Å². The van der Waals surface area contributed by atoms with Gasteiger partial charge in [-0.05, 0) is 30.8 Å². The number of dihydropyridines is 1. The quantitative estimate of drug-likeness (QED) is 0.558. The molecule has 0 aromatic carbocycles. The number of nitrogens with one attached hydrogen (secondary N) is 1. The minimum absolute atomic E-state index is 0.746. The highest BCUT2D eigenvalue weighted by Gasteiger charge is 1.92. The Morgan fingerprint density at radius 2 is 2.56 bits per heavy atom. The fourth-order valence-electron chi connectivity index (χ4n) is 0.844. The van der Waals surface area contributed by atoms with Crippen molar-refractivity contribution >= 4 is 0 Å². The lowest BCUT2D eigenvalue weighted by molar-refractivity contribution is 0.906. The number of hydrogen-bond acceptors (Lipinski definition) is 2. The molecule has 0 aromatic heterocycles. The Balaban J connectivity index is 2.38. The van der Waals surface area contributed by atoms with Gasteiger partial charge in [-0.2, -0.15) is 0 Å². The van der Waals surface area contributed by atoms with Gasteiger partial charge in [0, 0.05) is 6.54 Å². The zero-order chi connectivity index (χ0) is 6.53. The minimum Gasteiger partial charge on any atom is -0.387 e. The van der Waals surface area contributed by atoms with Gasteiger partial charge in [-0.25, -0.2) is 0 Å². The van der Waals surface area contributed by atoms with E-state index in [1.807, 2.05) is 6.20 Å². The molecule has 0 radical (unpaired) electrons. The number of nitrogens with two attached hydrogens (primary N) is 1. The summed E-state index contributed by atoms with van der Waals surface area (Å²) in [7, 11) is 0. The van der Waals surface area contributed by atoms with E-state index in [1.165, 1.54) is 5.57 Å². The van der Waals surface area contributed by atoms with E-state index in [0.717, 1.165) is 19.5 Å². The molecule has 1 rings (SSSR count). The van der Waals surface area contributed by atoms with Crippen molar-refractivity contribution in [3.63, 3.8) is 0 Å². The van der Waals surface area contributed by atoms with E-state index in [-0.39, 0.29) is 0 Å². The van der Waals surface area contributed by atoms with Crippen molar-refractivity contribution in [3.05, 3.63) is 23.9 Å². The van der Waals surface area contributed by atoms with Gasteiger partial charge in [0.15, 0.2) is 0 Å². The molecule has 9 heavy (non-hydrogen) atoms. The highest BCUT2D eigenvalue weighted by molar-refractivity contribution is 5.21. The Hall–Kier alpha value is -0.760. The van der Waals surface area contributed by atoms with Crippen molar-refractivity contribution < 1.29 is 0 Å². The van der Waals surface area contributed by atoms with E-state index < -0.39 is 0 Å². The van der Waals surface area contributed by atoms with Crippen LogP contribution in [0.5, 0.6) is 0 Å². The van der Waals surface area contributed by atoms with Crippen LogP contribution in [0.4, 0.5) is 0 Å². The molecule has 0 saturated heterocycles. The predicted octanol–water partition coefficient (Wildman–Crippen LogP) is 0.379. The zero-order valence-corrected chi connectivity index (χ0v) is 5.43. The molecule has 0 amide bonds. The molecule has 1 heterocycles.